The second-order valence-corrected chi connectivity index (χ2v) is 4.57. The van der Waals surface area contributed by atoms with Crippen molar-refractivity contribution in [3.8, 4) is 5.75 Å². The lowest BCUT2D eigenvalue weighted by molar-refractivity contribution is -0.385. The molecule has 0 aliphatic rings. The molecular formula is C13H18N2O5. The van der Waals surface area contributed by atoms with E-state index in [0.717, 1.165) is 0 Å². The molecule has 110 valence electrons. The highest BCUT2D eigenvalue weighted by molar-refractivity contribution is 5.73. The molecule has 0 heterocycles. The van der Waals surface area contributed by atoms with Crippen molar-refractivity contribution in [3.63, 3.8) is 0 Å². The lowest BCUT2D eigenvalue weighted by Crippen LogP contribution is -2.41. The van der Waals surface area contributed by atoms with Gasteiger partial charge < -0.3 is 15.2 Å². The minimum Gasteiger partial charge on any atom is -0.487 e. The van der Waals surface area contributed by atoms with Gasteiger partial charge in [-0.2, -0.15) is 0 Å². The third-order valence-corrected chi connectivity index (χ3v) is 2.56. The summed E-state index contributed by atoms with van der Waals surface area (Å²) in [5, 5.41) is 22.7. The summed E-state index contributed by atoms with van der Waals surface area (Å²) >= 11 is 0. The molecule has 0 saturated carbocycles. The number of ether oxygens (including phenoxy) is 1. The van der Waals surface area contributed by atoms with Crippen LogP contribution in [0.3, 0.4) is 0 Å². The van der Waals surface area contributed by atoms with Crippen LogP contribution in [-0.2, 0) is 4.79 Å². The van der Waals surface area contributed by atoms with Gasteiger partial charge in [-0.25, -0.2) is 0 Å². The number of nitro benzene ring substituents is 1. The number of carboxylic acids is 1. The average Bonchev–Trinajstić information content (AvgIpc) is 2.37. The quantitative estimate of drug-likeness (QED) is 0.557. The first kappa shape index (κ1) is 15.9. The molecule has 1 aromatic carbocycles. The smallest absolute Gasteiger partial charge is 0.320 e. The maximum Gasteiger partial charge on any atom is 0.320 e. The Kier molecular flexibility index (Phi) is 5.92. The third kappa shape index (κ3) is 4.85. The first-order chi connectivity index (χ1) is 9.41. The molecule has 0 aliphatic heterocycles. The largest absolute Gasteiger partial charge is 0.487 e. The van der Waals surface area contributed by atoms with Gasteiger partial charge in [-0.1, -0.05) is 26.0 Å². The zero-order valence-electron chi connectivity index (χ0n) is 11.4. The number of para-hydroxylation sites is 2. The molecule has 7 heteroatoms. The van der Waals surface area contributed by atoms with Gasteiger partial charge in [-0.15, -0.1) is 0 Å². The first-order valence-corrected chi connectivity index (χ1v) is 6.27. The molecule has 0 amide bonds. The van der Waals surface area contributed by atoms with Crippen LogP contribution in [0.4, 0.5) is 5.69 Å². The second-order valence-electron chi connectivity index (χ2n) is 4.57. The van der Waals surface area contributed by atoms with Crippen LogP contribution in [0.15, 0.2) is 24.3 Å². The van der Waals surface area contributed by atoms with Crippen molar-refractivity contribution < 1.29 is 19.6 Å². The van der Waals surface area contributed by atoms with Crippen LogP contribution < -0.4 is 10.1 Å². The van der Waals surface area contributed by atoms with Gasteiger partial charge in [0.15, 0.2) is 5.75 Å². The summed E-state index contributed by atoms with van der Waals surface area (Å²) < 4.78 is 5.32. The van der Waals surface area contributed by atoms with Gasteiger partial charge in [-0.05, 0) is 6.07 Å². The number of nitrogens with one attached hydrogen (secondary N) is 1. The van der Waals surface area contributed by atoms with E-state index < -0.39 is 16.9 Å². The first-order valence-electron chi connectivity index (χ1n) is 6.27. The van der Waals surface area contributed by atoms with Crippen LogP contribution in [0.2, 0.25) is 0 Å². The Morgan fingerprint density at radius 3 is 2.65 bits per heavy atom. The summed E-state index contributed by atoms with van der Waals surface area (Å²) in [6, 6.07) is 5.30. The molecule has 0 aromatic heterocycles. The van der Waals surface area contributed by atoms with Gasteiger partial charge in [0, 0.05) is 18.5 Å². The normalized spacial score (nSPS) is 12.2. The van der Waals surface area contributed by atoms with Gasteiger partial charge in [0.2, 0.25) is 0 Å². The van der Waals surface area contributed by atoms with E-state index in [1.54, 1.807) is 12.1 Å². The Morgan fingerprint density at radius 2 is 2.10 bits per heavy atom. The fraction of sp³-hybridized carbons (Fsp3) is 0.462. The van der Waals surface area contributed by atoms with Crippen LogP contribution in [0.25, 0.3) is 0 Å². The van der Waals surface area contributed by atoms with Crippen molar-refractivity contribution in [2.24, 2.45) is 0 Å². The fourth-order valence-corrected chi connectivity index (χ4v) is 1.70. The molecule has 0 saturated heterocycles. The Labute approximate surface area is 116 Å². The van der Waals surface area contributed by atoms with E-state index >= 15 is 0 Å². The number of hydrogen-bond acceptors (Lipinski definition) is 5. The van der Waals surface area contributed by atoms with Crippen molar-refractivity contribution in [2.45, 2.75) is 32.4 Å². The summed E-state index contributed by atoms with van der Waals surface area (Å²) in [5.41, 5.74) is -0.129. The van der Waals surface area contributed by atoms with Crippen molar-refractivity contribution in [2.75, 3.05) is 6.61 Å². The van der Waals surface area contributed by atoms with Gasteiger partial charge in [0.05, 0.1) is 11.5 Å². The monoisotopic (exact) mass is 282 g/mol. The van der Waals surface area contributed by atoms with E-state index in [4.69, 9.17) is 9.84 Å². The number of nitro groups is 1. The van der Waals surface area contributed by atoms with Crippen LogP contribution in [0, 0.1) is 10.1 Å². The lowest BCUT2D eigenvalue weighted by atomic mass is 10.2. The molecular weight excluding hydrogens is 264 g/mol. The number of rotatable bonds is 8. The minimum absolute atomic E-state index is 0.0298. The van der Waals surface area contributed by atoms with E-state index in [-0.39, 0.29) is 30.5 Å². The SMILES string of the molecule is CC(C)NC(CCOc1ccccc1[N+](=O)[O-])C(=O)O. The van der Waals surface area contributed by atoms with E-state index in [2.05, 4.69) is 5.32 Å². The highest BCUT2D eigenvalue weighted by Crippen LogP contribution is 2.25. The molecule has 20 heavy (non-hydrogen) atoms. The second kappa shape index (κ2) is 7.44. The molecule has 0 spiro atoms. The van der Waals surface area contributed by atoms with Gasteiger partial charge in [0.1, 0.15) is 6.04 Å². The zero-order valence-corrected chi connectivity index (χ0v) is 11.4. The summed E-state index contributed by atoms with van der Waals surface area (Å²) in [6.07, 6.45) is 0.222. The highest BCUT2D eigenvalue weighted by atomic mass is 16.6. The van der Waals surface area contributed by atoms with Crippen molar-refractivity contribution >= 4 is 11.7 Å². The van der Waals surface area contributed by atoms with Crippen molar-refractivity contribution in [1.82, 2.24) is 5.32 Å². The van der Waals surface area contributed by atoms with E-state index in [9.17, 15) is 14.9 Å². The molecule has 1 unspecified atom stereocenters. The van der Waals surface area contributed by atoms with Crippen LogP contribution in [0.1, 0.15) is 20.3 Å². The summed E-state index contributed by atoms with van der Waals surface area (Å²) in [6.45, 7) is 3.78. The van der Waals surface area contributed by atoms with Crippen molar-refractivity contribution in [1.29, 1.82) is 0 Å². The summed E-state index contributed by atoms with van der Waals surface area (Å²) in [4.78, 5) is 21.3. The molecule has 1 atom stereocenters. The van der Waals surface area contributed by atoms with Crippen LogP contribution in [-0.4, -0.2) is 34.7 Å². The maximum absolute atomic E-state index is 11.0. The highest BCUT2D eigenvalue weighted by Gasteiger charge is 2.19. The Balaban J connectivity index is 2.59. The minimum atomic E-state index is -0.968. The van der Waals surface area contributed by atoms with Gasteiger partial charge in [0.25, 0.3) is 0 Å². The molecule has 0 bridgehead atoms. The summed E-state index contributed by atoms with van der Waals surface area (Å²) in [5.74, 6) is -0.823. The van der Waals surface area contributed by atoms with E-state index in [1.807, 2.05) is 13.8 Å². The van der Waals surface area contributed by atoms with E-state index in [0.29, 0.717) is 0 Å². The Morgan fingerprint density at radius 1 is 1.45 bits per heavy atom. The number of aliphatic carboxylic acids is 1. The van der Waals surface area contributed by atoms with Gasteiger partial charge >= 0.3 is 11.7 Å². The standard InChI is InChI=1S/C13H18N2O5/c1-9(2)14-10(13(16)17)7-8-20-12-6-4-3-5-11(12)15(18)19/h3-6,9-10,14H,7-8H2,1-2H3,(H,16,17). The molecule has 0 aliphatic carbocycles. The summed E-state index contributed by atoms with van der Waals surface area (Å²) in [7, 11) is 0. The molecule has 1 rings (SSSR count). The third-order valence-electron chi connectivity index (χ3n) is 2.56. The predicted octanol–water partition coefficient (Wildman–Crippen LogP) is 1.81. The number of hydrogen-bond donors (Lipinski definition) is 2. The maximum atomic E-state index is 11.0. The number of benzene rings is 1. The molecule has 2 N–H and O–H groups in total. The predicted molar refractivity (Wildman–Crippen MR) is 72.9 cm³/mol. The van der Waals surface area contributed by atoms with Crippen molar-refractivity contribution in [3.05, 3.63) is 34.4 Å². The number of carbonyl (C=O) groups is 1. The number of nitrogens with zero attached hydrogens (tertiary/aromatic N) is 1. The average molecular weight is 282 g/mol. The van der Waals surface area contributed by atoms with E-state index in [1.165, 1.54) is 12.1 Å². The zero-order chi connectivity index (χ0) is 15.1. The van der Waals surface area contributed by atoms with Crippen LogP contribution in [0.5, 0.6) is 5.75 Å². The topological polar surface area (TPSA) is 102 Å². The molecule has 1 aromatic rings. The number of carboxylic acid groups (broad SMARTS) is 1. The molecule has 7 nitrogen and oxygen atoms in total. The van der Waals surface area contributed by atoms with Gasteiger partial charge in [-0.3, -0.25) is 14.9 Å². The molecule has 0 radical (unpaired) electrons. The molecule has 0 fully saturated rings. The lowest BCUT2D eigenvalue weighted by Gasteiger charge is -2.17. The fourth-order valence-electron chi connectivity index (χ4n) is 1.70. The Hall–Kier alpha value is -2.15. The Bertz CT molecular complexity index is 476. The van der Waals surface area contributed by atoms with Crippen LogP contribution >= 0.6 is 0 Å².